The number of rotatable bonds is 17. The molecule has 0 aliphatic rings. The molecule has 1 aromatic heterocycles. The Morgan fingerprint density at radius 1 is 1.12 bits per heavy atom. The number of alkyl halides is 2. The number of carbonyl (C=O) groups excluding carboxylic acids is 3. The van der Waals surface area contributed by atoms with Crippen LogP contribution in [0.4, 0.5) is 8.78 Å². The lowest BCUT2D eigenvalue weighted by Gasteiger charge is -2.29. The van der Waals surface area contributed by atoms with E-state index in [9.17, 15) is 33.2 Å². The lowest BCUT2D eigenvalue weighted by molar-refractivity contribution is -0.168. The number of nitrogens with one attached hydrogen (secondary N) is 2. The minimum absolute atomic E-state index is 0.00376. The monoisotopic (exact) mass is 567 g/mol. The topological polar surface area (TPSA) is 158 Å². The third-order valence-corrected chi connectivity index (χ3v) is 6.26. The maximum absolute atomic E-state index is 14.2. The lowest BCUT2D eigenvalue weighted by Crippen LogP contribution is -2.47. The standard InChI is InChI=1S/C27H35F2N3O8/c1-4-7-8-9-20(21(5-2)32(38)16-33)24(34)30-15-31-25(35)23-11-10-22(40-23)17-12-18(27(28,29)26(36)37)14-19(13-17)39-6-3/h10-14,16,20-21,38H,4-9,15H2,1-3H3,(H,30,34)(H,31,35)(H,36,37). The van der Waals surface area contributed by atoms with Gasteiger partial charge in [0.1, 0.15) is 11.5 Å². The maximum Gasteiger partial charge on any atom is 0.379 e. The van der Waals surface area contributed by atoms with Crippen molar-refractivity contribution in [1.82, 2.24) is 15.7 Å². The summed E-state index contributed by atoms with van der Waals surface area (Å²) in [6.45, 7) is 5.24. The highest BCUT2D eigenvalue weighted by Crippen LogP contribution is 2.35. The molecule has 4 N–H and O–H groups in total. The average molecular weight is 568 g/mol. The highest BCUT2D eigenvalue weighted by atomic mass is 19.3. The van der Waals surface area contributed by atoms with Crippen molar-refractivity contribution < 1.29 is 47.4 Å². The van der Waals surface area contributed by atoms with Crippen LogP contribution >= 0.6 is 0 Å². The first kappa shape index (κ1) is 32.2. The van der Waals surface area contributed by atoms with Gasteiger partial charge in [-0.3, -0.25) is 19.6 Å². The number of aliphatic carboxylic acids is 1. The molecular formula is C27H35F2N3O8. The molecule has 0 radical (unpaired) electrons. The van der Waals surface area contributed by atoms with Gasteiger partial charge in [-0.15, -0.1) is 0 Å². The number of nitrogens with zero attached hydrogens (tertiary/aromatic N) is 1. The van der Waals surface area contributed by atoms with Crippen molar-refractivity contribution in [2.75, 3.05) is 13.3 Å². The predicted molar refractivity (Wildman–Crippen MR) is 139 cm³/mol. The van der Waals surface area contributed by atoms with Gasteiger partial charge in [-0.25, -0.2) is 9.86 Å². The summed E-state index contributed by atoms with van der Waals surface area (Å²) < 4.78 is 39.2. The van der Waals surface area contributed by atoms with Gasteiger partial charge in [0.2, 0.25) is 12.3 Å². The van der Waals surface area contributed by atoms with Gasteiger partial charge in [-0.2, -0.15) is 8.78 Å². The maximum atomic E-state index is 14.2. The molecule has 0 spiro atoms. The highest BCUT2D eigenvalue weighted by molar-refractivity contribution is 5.92. The fourth-order valence-corrected chi connectivity index (χ4v) is 4.19. The van der Waals surface area contributed by atoms with Gasteiger partial charge >= 0.3 is 11.9 Å². The molecule has 2 unspecified atom stereocenters. The van der Waals surface area contributed by atoms with Gasteiger partial charge < -0.3 is 24.9 Å². The third-order valence-electron chi connectivity index (χ3n) is 6.26. The Hall–Kier alpha value is -4.00. The van der Waals surface area contributed by atoms with Crippen LogP contribution in [0.25, 0.3) is 11.3 Å². The molecule has 13 heteroatoms. The van der Waals surface area contributed by atoms with Crippen LogP contribution in [0.2, 0.25) is 0 Å². The number of halogens is 2. The second-order valence-corrected chi connectivity index (χ2v) is 9.01. The number of furan rings is 1. The number of hydrogen-bond acceptors (Lipinski definition) is 7. The molecule has 0 fully saturated rings. The van der Waals surface area contributed by atoms with Crippen LogP contribution in [0.5, 0.6) is 5.75 Å². The molecule has 2 atom stereocenters. The van der Waals surface area contributed by atoms with Crippen LogP contribution < -0.4 is 15.4 Å². The smallest absolute Gasteiger partial charge is 0.379 e. The van der Waals surface area contributed by atoms with Gasteiger partial charge in [0.05, 0.1) is 25.2 Å². The SMILES string of the molecule is CCCCCC(C(=O)NCNC(=O)c1ccc(-c2cc(OCC)cc(C(F)(F)C(=O)O)c2)o1)C(CC)N(O)C=O. The first-order valence-electron chi connectivity index (χ1n) is 13.0. The van der Waals surface area contributed by atoms with E-state index >= 15 is 0 Å². The Bertz CT molecular complexity index is 1170. The van der Waals surface area contributed by atoms with E-state index < -0.39 is 41.2 Å². The number of unbranched alkanes of at least 4 members (excludes halogenated alkanes) is 2. The lowest BCUT2D eigenvalue weighted by atomic mass is 9.90. The number of benzene rings is 1. The van der Waals surface area contributed by atoms with E-state index in [1.54, 1.807) is 13.8 Å². The number of amides is 3. The van der Waals surface area contributed by atoms with Crippen molar-refractivity contribution in [2.24, 2.45) is 5.92 Å². The van der Waals surface area contributed by atoms with Crippen molar-refractivity contribution >= 4 is 24.2 Å². The van der Waals surface area contributed by atoms with Crippen LogP contribution in [0.1, 0.15) is 69.0 Å². The number of carbonyl (C=O) groups is 4. The fraction of sp³-hybridized carbons (Fsp3) is 0.481. The molecule has 2 aromatic rings. The summed E-state index contributed by atoms with van der Waals surface area (Å²) in [5.41, 5.74) is -0.751. The number of ether oxygens (including phenoxy) is 1. The van der Waals surface area contributed by atoms with Gasteiger partial charge in [0, 0.05) is 11.1 Å². The van der Waals surface area contributed by atoms with Crippen LogP contribution in [0.15, 0.2) is 34.7 Å². The molecule has 220 valence electrons. The van der Waals surface area contributed by atoms with E-state index in [0.717, 1.165) is 25.0 Å². The zero-order valence-corrected chi connectivity index (χ0v) is 22.6. The van der Waals surface area contributed by atoms with Gasteiger partial charge in [-0.05, 0) is 50.1 Å². The third kappa shape index (κ3) is 8.25. The Morgan fingerprint density at radius 3 is 2.45 bits per heavy atom. The highest BCUT2D eigenvalue weighted by Gasteiger charge is 2.41. The molecule has 0 aliphatic heterocycles. The summed E-state index contributed by atoms with van der Waals surface area (Å²) in [4.78, 5) is 47.6. The molecular weight excluding hydrogens is 532 g/mol. The molecule has 2 rings (SSSR count). The van der Waals surface area contributed by atoms with Crippen molar-refractivity contribution in [3.8, 4) is 17.1 Å². The molecule has 11 nitrogen and oxygen atoms in total. The van der Waals surface area contributed by atoms with E-state index in [2.05, 4.69) is 10.6 Å². The van der Waals surface area contributed by atoms with Crippen molar-refractivity contribution in [2.45, 2.75) is 64.8 Å². The molecule has 0 saturated heterocycles. The molecule has 1 aromatic carbocycles. The van der Waals surface area contributed by atoms with E-state index in [1.165, 1.54) is 18.2 Å². The summed E-state index contributed by atoms with van der Waals surface area (Å²) in [7, 11) is 0. The summed E-state index contributed by atoms with van der Waals surface area (Å²) in [6, 6.07) is 5.14. The number of hydroxylamine groups is 2. The van der Waals surface area contributed by atoms with Crippen LogP contribution in [-0.4, -0.2) is 58.9 Å². The summed E-state index contributed by atoms with van der Waals surface area (Å²) in [5.74, 6) is -8.56. The molecule has 40 heavy (non-hydrogen) atoms. The second kappa shape index (κ2) is 15.0. The van der Waals surface area contributed by atoms with E-state index in [1.807, 2.05) is 6.92 Å². The Balaban J connectivity index is 2.13. The predicted octanol–water partition coefficient (Wildman–Crippen LogP) is 4.15. The minimum Gasteiger partial charge on any atom is -0.494 e. The largest absolute Gasteiger partial charge is 0.494 e. The number of carboxylic acids is 1. The van der Waals surface area contributed by atoms with Crippen molar-refractivity contribution in [3.05, 3.63) is 41.7 Å². The van der Waals surface area contributed by atoms with E-state index in [-0.39, 0.29) is 42.5 Å². The zero-order valence-electron chi connectivity index (χ0n) is 22.6. The quantitative estimate of drug-likeness (QED) is 0.0730. The van der Waals surface area contributed by atoms with E-state index in [0.29, 0.717) is 24.3 Å². The second-order valence-electron chi connectivity index (χ2n) is 9.01. The Labute approximate surface area is 230 Å². The molecule has 3 amide bonds. The van der Waals surface area contributed by atoms with Crippen LogP contribution in [-0.2, 0) is 20.3 Å². The first-order valence-corrected chi connectivity index (χ1v) is 13.0. The summed E-state index contributed by atoms with van der Waals surface area (Å²) in [5, 5.41) is 24.4. The average Bonchev–Trinajstić information content (AvgIpc) is 3.43. The Kier molecular flexibility index (Phi) is 12.1. The number of hydrogen-bond donors (Lipinski definition) is 4. The zero-order chi connectivity index (χ0) is 29.9. The van der Waals surface area contributed by atoms with Crippen LogP contribution in [0.3, 0.4) is 0 Å². The minimum atomic E-state index is -4.18. The number of carboxylic acid groups (broad SMARTS) is 1. The Morgan fingerprint density at radius 2 is 1.85 bits per heavy atom. The summed E-state index contributed by atoms with van der Waals surface area (Å²) >= 11 is 0. The fourth-order valence-electron chi connectivity index (χ4n) is 4.19. The first-order chi connectivity index (χ1) is 19.0. The van der Waals surface area contributed by atoms with Gasteiger partial charge in [-0.1, -0.05) is 33.1 Å². The van der Waals surface area contributed by atoms with Gasteiger partial charge in [0.25, 0.3) is 5.91 Å². The molecule has 0 aliphatic carbocycles. The van der Waals surface area contributed by atoms with Gasteiger partial charge in [0.15, 0.2) is 5.76 Å². The van der Waals surface area contributed by atoms with Crippen molar-refractivity contribution in [3.63, 3.8) is 0 Å². The van der Waals surface area contributed by atoms with Crippen LogP contribution in [0, 0.1) is 5.92 Å². The summed E-state index contributed by atoms with van der Waals surface area (Å²) in [6.07, 6.45) is 3.52. The molecule has 0 saturated carbocycles. The van der Waals surface area contributed by atoms with E-state index in [4.69, 9.17) is 14.3 Å². The van der Waals surface area contributed by atoms with Crippen molar-refractivity contribution in [1.29, 1.82) is 0 Å². The molecule has 1 heterocycles. The molecule has 0 bridgehead atoms. The normalized spacial score (nSPS) is 12.8.